The van der Waals surface area contributed by atoms with Crippen LogP contribution in [0.1, 0.15) is 13.8 Å². The Bertz CT molecular complexity index is 476. The molecule has 0 aromatic heterocycles. The zero-order valence-electron chi connectivity index (χ0n) is 11.8. The molecule has 0 heterocycles. The zero-order chi connectivity index (χ0) is 15.1. The monoisotopic (exact) mass is 297 g/mol. The van der Waals surface area contributed by atoms with Crippen LogP contribution in [0.5, 0.6) is 5.75 Å². The third kappa shape index (κ3) is 4.77. The largest absolute Gasteiger partial charge is 0.496 e. The molecule has 0 aliphatic carbocycles. The molecule has 20 heavy (non-hydrogen) atoms. The van der Waals surface area contributed by atoms with Gasteiger partial charge in [-0.2, -0.15) is 0 Å². The molecule has 1 unspecified atom stereocenters. The van der Waals surface area contributed by atoms with Crippen molar-refractivity contribution in [2.24, 2.45) is 5.92 Å². The third-order valence-corrected chi connectivity index (χ3v) is 3.73. The molecule has 0 aliphatic rings. The highest BCUT2D eigenvalue weighted by atomic mass is 32.2. The lowest BCUT2D eigenvalue weighted by atomic mass is 10.1. The second kappa shape index (κ2) is 7.79. The minimum atomic E-state index is -1.02. The van der Waals surface area contributed by atoms with Crippen LogP contribution in [0.15, 0.2) is 29.2 Å². The molecule has 0 saturated heterocycles. The minimum absolute atomic E-state index is 0.150. The quantitative estimate of drug-likeness (QED) is 0.753. The molecule has 1 aromatic carbocycles. The van der Waals surface area contributed by atoms with Crippen molar-refractivity contribution in [2.75, 3.05) is 12.9 Å². The number of nitrogens with one attached hydrogen (secondary N) is 1. The number of hydrogen-bond acceptors (Lipinski definition) is 4. The van der Waals surface area contributed by atoms with E-state index in [-0.39, 0.29) is 17.6 Å². The SMILES string of the molecule is COc1ccccc1SCC(=O)NC(C(=O)O)C(C)C. The fourth-order valence-electron chi connectivity index (χ4n) is 1.61. The fraction of sp³-hybridized carbons (Fsp3) is 0.429. The molecule has 0 aliphatic heterocycles. The van der Waals surface area contributed by atoms with Crippen LogP contribution in [0.3, 0.4) is 0 Å². The van der Waals surface area contributed by atoms with Crippen LogP contribution >= 0.6 is 11.8 Å². The van der Waals surface area contributed by atoms with Crippen LogP contribution in [-0.4, -0.2) is 35.9 Å². The van der Waals surface area contributed by atoms with Gasteiger partial charge in [0.2, 0.25) is 5.91 Å². The molecule has 0 fully saturated rings. The van der Waals surface area contributed by atoms with Gasteiger partial charge in [-0.15, -0.1) is 11.8 Å². The zero-order valence-corrected chi connectivity index (χ0v) is 12.6. The Morgan fingerprint density at radius 2 is 2.00 bits per heavy atom. The molecule has 110 valence electrons. The predicted octanol–water partition coefficient (Wildman–Crippen LogP) is 2.01. The van der Waals surface area contributed by atoms with E-state index < -0.39 is 12.0 Å². The Labute approximate surface area is 122 Å². The van der Waals surface area contributed by atoms with Crippen LogP contribution in [0.2, 0.25) is 0 Å². The summed E-state index contributed by atoms with van der Waals surface area (Å²) >= 11 is 1.32. The van der Waals surface area contributed by atoms with Crippen molar-refractivity contribution >= 4 is 23.6 Å². The number of ether oxygens (including phenoxy) is 1. The minimum Gasteiger partial charge on any atom is -0.496 e. The van der Waals surface area contributed by atoms with Gasteiger partial charge in [-0.1, -0.05) is 26.0 Å². The van der Waals surface area contributed by atoms with Crippen LogP contribution < -0.4 is 10.1 Å². The van der Waals surface area contributed by atoms with Crippen LogP contribution in [0.25, 0.3) is 0 Å². The normalized spacial score (nSPS) is 12.0. The molecule has 6 heteroatoms. The summed E-state index contributed by atoms with van der Waals surface area (Å²) in [6, 6.07) is 6.52. The van der Waals surface area contributed by atoms with Gasteiger partial charge in [0, 0.05) is 4.90 Å². The first kappa shape index (κ1) is 16.4. The molecule has 1 rings (SSSR count). The number of rotatable bonds is 7. The van der Waals surface area contributed by atoms with Crippen molar-refractivity contribution in [3.8, 4) is 5.75 Å². The van der Waals surface area contributed by atoms with E-state index >= 15 is 0 Å². The average Bonchev–Trinajstić information content (AvgIpc) is 2.42. The number of carboxylic acids is 1. The van der Waals surface area contributed by atoms with E-state index in [1.165, 1.54) is 11.8 Å². The first-order chi connectivity index (χ1) is 9.45. The maximum Gasteiger partial charge on any atom is 0.326 e. The first-order valence-electron chi connectivity index (χ1n) is 6.23. The maximum atomic E-state index is 11.8. The Morgan fingerprint density at radius 1 is 1.35 bits per heavy atom. The molecular formula is C14H19NO4S. The molecular weight excluding hydrogens is 278 g/mol. The summed E-state index contributed by atoms with van der Waals surface area (Å²) in [6.07, 6.45) is 0. The number of methoxy groups -OCH3 is 1. The van der Waals surface area contributed by atoms with Crippen molar-refractivity contribution in [3.05, 3.63) is 24.3 Å². The van der Waals surface area contributed by atoms with Crippen molar-refractivity contribution in [3.63, 3.8) is 0 Å². The highest BCUT2D eigenvalue weighted by Crippen LogP contribution is 2.28. The highest BCUT2D eigenvalue weighted by Gasteiger charge is 2.23. The molecule has 0 spiro atoms. The summed E-state index contributed by atoms with van der Waals surface area (Å²) in [7, 11) is 1.57. The van der Waals surface area contributed by atoms with Gasteiger partial charge >= 0.3 is 5.97 Å². The molecule has 0 saturated carbocycles. The number of hydrogen-bond donors (Lipinski definition) is 2. The lowest BCUT2D eigenvalue weighted by molar-refractivity contribution is -0.142. The number of para-hydroxylation sites is 1. The van der Waals surface area contributed by atoms with Crippen molar-refractivity contribution in [1.82, 2.24) is 5.32 Å². The standard InChI is InChI=1S/C14H19NO4S/c1-9(2)13(14(17)18)15-12(16)8-20-11-7-5-4-6-10(11)19-3/h4-7,9,13H,8H2,1-3H3,(H,15,16)(H,17,18). The van der Waals surface area contributed by atoms with Crippen LogP contribution in [-0.2, 0) is 9.59 Å². The predicted molar refractivity (Wildman–Crippen MR) is 78.1 cm³/mol. The van der Waals surface area contributed by atoms with Gasteiger partial charge in [0.05, 0.1) is 12.9 Å². The molecule has 2 N–H and O–H groups in total. The number of carbonyl (C=O) groups is 2. The molecule has 1 aromatic rings. The summed E-state index contributed by atoms with van der Waals surface area (Å²) in [5, 5.41) is 11.5. The van der Waals surface area contributed by atoms with Crippen molar-refractivity contribution in [2.45, 2.75) is 24.8 Å². The van der Waals surface area contributed by atoms with E-state index in [9.17, 15) is 9.59 Å². The Kier molecular flexibility index (Phi) is 6.38. The van der Waals surface area contributed by atoms with E-state index in [2.05, 4.69) is 5.32 Å². The number of aliphatic carboxylic acids is 1. The van der Waals surface area contributed by atoms with Crippen LogP contribution in [0.4, 0.5) is 0 Å². The number of carboxylic acid groups (broad SMARTS) is 1. The molecule has 5 nitrogen and oxygen atoms in total. The number of carbonyl (C=O) groups excluding carboxylic acids is 1. The van der Waals surface area contributed by atoms with Crippen LogP contribution in [0, 0.1) is 5.92 Å². The van der Waals surface area contributed by atoms with Gasteiger partial charge in [-0.05, 0) is 18.1 Å². The third-order valence-electron chi connectivity index (χ3n) is 2.68. The van der Waals surface area contributed by atoms with E-state index in [1.54, 1.807) is 21.0 Å². The second-order valence-corrected chi connectivity index (χ2v) is 5.58. The summed E-state index contributed by atoms with van der Waals surface area (Å²) in [4.78, 5) is 23.7. The first-order valence-corrected chi connectivity index (χ1v) is 7.22. The lowest BCUT2D eigenvalue weighted by Gasteiger charge is -2.17. The molecule has 0 bridgehead atoms. The maximum absolute atomic E-state index is 11.8. The molecule has 1 atom stereocenters. The molecule has 0 radical (unpaired) electrons. The fourth-order valence-corrected chi connectivity index (χ4v) is 2.45. The smallest absolute Gasteiger partial charge is 0.326 e. The van der Waals surface area contributed by atoms with E-state index in [0.717, 1.165) is 4.90 Å². The Balaban J connectivity index is 2.57. The average molecular weight is 297 g/mol. The van der Waals surface area contributed by atoms with E-state index in [4.69, 9.17) is 9.84 Å². The van der Waals surface area contributed by atoms with E-state index in [0.29, 0.717) is 5.75 Å². The Hall–Kier alpha value is -1.69. The number of amides is 1. The van der Waals surface area contributed by atoms with Gasteiger partial charge in [-0.3, -0.25) is 4.79 Å². The summed E-state index contributed by atoms with van der Waals surface area (Å²) in [5.41, 5.74) is 0. The molecule has 1 amide bonds. The van der Waals surface area contributed by atoms with Crippen molar-refractivity contribution in [1.29, 1.82) is 0 Å². The summed E-state index contributed by atoms with van der Waals surface area (Å²) in [5.74, 6) is -0.633. The topological polar surface area (TPSA) is 75.6 Å². The number of benzene rings is 1. The van der Waals surface area contributed by atoms with Gasteiger partial charge in [0.15, 0.2) is 0 Å². The van der Waals surface area contributed by atoms with Gasteiger partial charge < -0.3 is 15.2 Å². The summed E-state index contributed by atoms with van der Waals surface area (Å²) in [6.45, 7) is 3.51. The highest BCUT2D eigenvalue weighted by molar-refractivity contribution is 8.00. The van der Waals surface area contributed by atoms with Gasteiger partial charge in [-0.25, -0.2) is 4.79 Å². The summed E-state index contributed by atoms with van der Waals surface area (Å²) < 4.78 is 5.19. The second-order valence-electron chi connectivity index (χ2n) is 4.57. The Morgan fingerprint density at radius 3 is 2.55 bits per heavy atom. The number of thioether (sulfide) groups is 1. The lowest BCUT2D eigenvalue weighted by Crippen LogP contribution is -2.45. The van der Waals surface area contributed by atoms with E-state index in [1.807, 2.05) is 24.3 Å². The van der Waals surface area contributed by atoms with Crippen molar-refractivity contribution < 1.29 is 19.4 Å². The van der Waals surface area contributed by atoms with Gasteiger partial charge in [0.1, 0.15) is 11.8 Å². The van der Waals surface area contributed by atoms with Gasteiger partial charge in [0.25, 0.3) is 0 Å².